The number of aryl methyl sites for hydroxylation is 1. The molecule has 2 aromatic carbocycles. The Morgan fingerprint density at radius 1 is 1.09 bits per heavy atom. The molecular formula is C26H37N3O3. The predicted molar refractivity (Wildman–Crippen MR) is 128 cm³/mol. The Morgan fingerprint density at radius 2 is 1.75 bits per heavy atom. The van der Waals surface area contributed by atoms with E-state index in [9.17, 15) is 4.79 Å². The number of nitrogens with one attached hydrogen (secondary N) is 2. The molecule has 0 saturated heterocycles. The van der Waals surface area contributed by atoms with E-state index < -0.39 is 0 Å². The average molecular weight is 440 g/mol. The maximum atomic E-state index is 12.6. The summed E-state index contributed by atoms with van der Waals surface area (Å²) in [7, 11) is 3.33. The van der Waals surface area contributed by atoms with Crippen LogP contribution in [0.2, 0.25) is 0 Å². The molecule has 1 aliphatic rings. The van der Waals surface area contributed by atoms with Gasteiger partial charge in [0.1, 0.15) is 0 Å². The molecule has 3 rings (SSSR count). The van der Waals surface area contributed by atoms with Gasteiger partial charge in [-0.3, -0.25) is 4.90 Å². The summed E-state index contributed by atoms with van der Waals surface area (Å²) in [4.78, 5) is 15.1. The molecule has 6 nitrogen and oxygen atoms in total. The number of nitrogens with zero attached hydrogens (tertiary/aromatic N) is 1. The van der Waals surface area contributed by atoms with Gasteiger partial charge in [0.05, 0.1) is 26.3 Å². The van der Waals surface area contributed by atoms with Crippen molar-refractivity contribution in [3.63, 3.8) is 0 Å². The molecule has 2 atom stereocenters. The Bertz CT molecular complexity index is 911. The van der Waals surface area contributed by atoms with Gasteiger partial charge in [-0.1, -0.05) is 36.8 Å². The van der Waals surface area contributed by atoms with Gasteiger partial charge in [0.25, 0.3) is 0 Å². The molecule has 0 fully saturated rings. The summed E-state index contributed by atoms with van der Waals surface area (Å²) in [6.45, 7) is 9.90. The summed E-state index contributed by atoms with van der Waals surface area (Å²) < 4.78 is 11.2. The van der Waals surface area contributed by atoms with E-state index in [0.29, 0.717) is 0 Å². The first-order chi connectivity index (χ1) is 15.4. The fourth-order valence-corrected chi connectivity index (χ4v) is 4.48. The molecule has 0 bridgehead atoms. The maximum Gasteiger partial charge on any atom is 0.315 e. The van der Waals surface area contributed by atoms with Crippen molar-refractivity contribution in [2.45, 2.75) is 65.2 Å². The van der Waals surface area contributed by atoms with E-state index >= 15 is 0 Å². The minimum absolute atomic E-state index is 0.0303. The lowest BCUT2D eigenvalue weighted by molar-refractivity contribution is 0.135. The number of ether oxygens (including phenoxy) is 2. The second kappa shape index (κ2) is 10.7. The second-order valence-electron chi connectivity index (χ2n) is 8.84. The Hall–Kier alpha value is -2.73. The van der Waals surface area contributed by atoms with Crippen molar-refractivity contribution in [3.8, 4) is 11.5 Å². The first kappa shape index (κ1) is 23.9. The fourth-order valence-electron chi connectivity index (χ4n) is 4.48. The molecular weight excluding hydrogens is 402 g/mol. The Kier molecular flexibility index (Phi) is 8.02. The molecule has 32 heavy (non-hydrogen) atoms. The topological polar surface area (TPSA) is 62.8 Å². The molecule has 0 saturated carbocycles. The van der Waals surface area contributed by atoms with Gasteiger partial charge in [0.15, 0.2) is 11.5 Å². The third kappa shape index (κ3) is 5.54. The number of hydrogen-bond acceptors (Lipinski definition) is 4. The number of hydrogen-bond donors (Lipinski definition) is 2. The zero-order valence-electron chi connectivity index (χ0n) is 20.2. The number of benzene rings is 2. The molecule has 2 aromatic rings. The molecule has 2 N–H and O–H groups in total. The summed E-state index contributed by atoms with van der Waals surface area (Å²) in [5.41, 5.74) is 4.96. The predicted octanol–water partition coefficient (Wildman–Crippen LogP) is 4.60. The van der Waals surface area contributed by atoms with Crippen LogP contribution in [0.1, 0.15) is 55.5 Å². The van der Waals surface area contributed by atoms with Gasteiger partial charge in [0, 0.05) is 19.1 Å². The van der Waals surface area contributed by atoms with E-state index in [1.54, 1.807) is 14.2 Å². The van der Waals surface area contributed by atoms with Crippen LogP contribution in [0.15, 0.2) is 36.4 Å². The van der Waals surface area contributed by atoms with Crippen LogP contribution in [0.4, 0.5) is 4.79 Å². The van der Waals surface area contributed by atoms with Crippen LogP contribution in [0.3, 0.4) is 0 Å². The molecule has 0 spiro atoms. The monoisotopic (exact) mass is 439 g/mol. The summed E-state index contributed by atoms with van der Waals surface area (Å²) >= 11 is 0. The number of urea groups is 1. The largest absolute Gasteiger partial charge is 0.493 e. The quantitative estimate of drug-likeness (QED) is 0.631. The van der Waals surface area contributed by atoms with E-state index in [4.69, 9.17) is 9.47 Å². The van der Waals surface area contributed by atoms with E-state index in [0.717, 1.165) is 37.4 Å². The highest BCUT2D eigenvalue weighted by molar-refractivity contribution is 5.74. The number of carbonyl (C=O) groups excluding carboxylic acids is 1. The molecule has 0 aliphatic carbocycles. The first-order valence-electron chi connectivity index (χ1n) is 11.5. The summed E-state index contributed by atoms with van der Waals surface area (Å²) in [5.74, 6) is 1.46. The van der Waals surface area contributed by atoms with Crippen molar-refractivity contribution in [1.29, 1.82) is 0 Å². The van der Waals surface area contributed by atoms with Crippen molar-refractivity contribution >= 4 is 6.03 Å². The smallest absolute Gasteiger partial charge is 0.315 e. The number of methoxy groups -OCH3 is 2. The van der Waals surface area contributed by atoms with Gasteiger partial charge in [-0.05, 0) is 62.4 Å². The molecule has 2 amide bonds. The van der Waals surface area contributed by atoms with Gasteiger partial charge in [-0.2, -0.15) is 0 Å². The highest BCUT2D eigenvalue weighted by Crippen LogP contribution is 2.40. The fraction of sp³-hybridized carbons (Fsp3) is 0.500. The number of amides is 2. The lowest BCUT2D eigenvalue weighted by Gasteiger charge is -2.42. The Morgan fingerprint density at radius 3 is 2.34 bits per heavy atom. The van der Waals surface area contributed by atoms with Crippen LogP contribution < -0.4 is 20.1 Å². The third-order valence-electron chi connectivity index (χ3n) is 6.09. The van der Waals surface area contributed by atoms with Crippen molar-refractivity contribution in [3.05, 3.63) is 58.7 Å². The van der Waals surface area contributed by atoms with Gasteiger partial charge >= 0.3 is 6.03 Å². The number of fused-ring (bicyclic) bond motifs is 1. The molecule has 0 radical (unpaired) electrons. The minimum Gasteiger partial charge on any atom is -0.493 e. The highest BCUT2D eigenvalue weighted by atomic mass is 16.5. The van der Waals surface area contributed by atoms with Crippen LogP contribution >= 0.6 is 0 Å². The maximum absolute atomic E-state index is 12.6. The first-order valence-corrected chi connectivity index (χ1v) is 11.5. The molecule has 1 heterocycles. The van der Waals surface area contributed by atoms with Crippen LogP contribution in [0, 0.1) is 6.92 Å². The zero-order valence-corrected chi connectivity index (χ0v) is 20.2. The van der Waals surface area contributed by atoms with Gasteiger partial charge < -0.3 is 20.1 Å². The lowest BCUT2D eigenvalue weighted by Crippen LogP contribution is -2.51. The van der Waals surface area contributed by atoms with Crippen LogP contribution in [0.5, 0.6) is 11.5 Å². The molecule has 174 valence electrons. The molecule has 0 unspecified atom stereocenters. The summed E-state index contributed by atoms with van der Waals surface area (Å²) in [5, 5.41) is 6.20. The van der Waals surface area contributed by atoms with E-state index in [2.05, 4.69) is 65.8 Å². The third-order valence-corrected chi connectivity index (χ3v) is 6.09. The average Bonchev–Trinajstić information content (AvgIpc) is 2.77. The zero-order chi connectivity index (χ0) is 23.3. The van der Waals surface area contributed by atoms with E-state index in [-0.39, 0.29) is 24.2 Å². The molecule has 0 aromatic heterocycles. The van der Waals surface area contributed by atoms with Gasteiger partial charge in [-0.25, -0.2) is 4.79 Å². The standard InChI is InChI=1S/C26H37N3O3/c1-7-22(28-26(30)27-17(2)3)25-21-15-24(32-6)23(31-5)14-20(21)12-13-29(25)16-19-10-8-18(4)9-11-19/h8-11,14-15,17,22,25H,7,12-13,16H2,1-6H3,(H2,27,28,30)/t22-,25+/m1/s1. The van der Waals surface area contributed by atoms with Crippen molar-refractivity contribution in [2.75, 3.05) is 20.8 Å². The van der Waals surface area contributed by atoms with Crippen LogP contribution in [0.25, 0.3) is 0 Å². The molecule has 6 heteroatoms. The second-order valence-corrected chi connectivity index (χ2v) is 8.84. The van der Waals surface area contributed by atoms with Gasteiger partial charge in [-0.15, -0.1) is 0 Å². The Labute approximate surface area is 192 Å². The van der Waals surface area contributed by atoms with Crippen LogP contribution in [-0.4, -0.2) is 43.8 Å². The van der Waals surface area contributed by atoms with Crippen molar-refractivity contribution < 1.29 is 14.3 Å². The van der Waals surface area contributed by atoms with Crippen molar-refractivity contribution in [1.82, 2.24) is 15.5 Å². The minimum atomic E-state index is -0.130. The Balaban J connectivity index is 1.99. The van der Waals surface area contributed by atoms with E-state index in [1.807, 2.05) is 13.8 Å². The summed E-state index contributed by atoms with van der Waals surface area (Å²) in [6, 6.07) is 12.8. The van der Waals surface area contributed by atoms with Crippen LogP contribution in [-0.2, 0) is 13.0 Å². The molecule has 1 aliphatic heterocycles. The summed E-state index contributed by atoms with van der Waals surface area (Å²) in [6.07, 6.45) is 1.74. The number of carbonyl (C=O) groups is 1. The van der Waals surface area contributed by atoms with Crippen molar-refractivity contribution in [2.24, 2.45) is 0 Å². The lowest BCUT2D eigenvalue weighted by atomic mass is 9.86. The van der Waals surface area contributed by atoms with Gasteiger partial charge in [0.2, 0.25) is 0 Å². The number of rotatable bonds is 8. The highest BCUT2D eigenvalue weighted by Gasteiger charge is 2.35. The SMILES string of the molecule is CC[C@@H](NC(=O)NC(C)C)[C@@H]1c2cc(OC)c(OC)cc2CCN1Cc1ccc(C)cc1. The van der Waals surface area contributed by atoms with E-state index in [1.165, 1.54) is 22.3 Å². The normalized spacial score (nSPS) is 16.9.